The Morgan fingerprint density at radius 1 is 1.25 bits per heavy atom. The molecule has 0 fully saturated rings. The lowest BCUT2D eigenvalue weighted by Crippen LogP contribution is -1.83. The number of halogens is 1. The van der Waals surface area contributed by atoms with Crippen LogP contribution < -0.4 is 0 Å². The molecule has 0 N–H and O–H groups in total. The van der Waals surface area contributed by atoms with Crippen molar-refractivity contribution >= 4 is 27.3 Å². The molecule has 2 rings (SSSR count). The van der Waals surface area contributed by atoms with Gasteiger partial charge in [-0.1, -0.05) is 6.07 Å². The minimum atomic E-state index is 0.785. The highest BCUT2D eigenvalue weighted by Crippen LogP contribution is 2.20. The van der Waals surface area contributed by atoms with E-state index in [2.05, 4.69) is 25.9 Å². The van der Waals surface area contributed by atoms with Crippen molar-refractivity contribution in [3.63, 3.8) is 0 Å². The number of hydrogen-bond acceptors (Lipinski definition) is 3. The summed E-state index contributed by atoms with van der Waals surface area (Å²) in [5.41, 5.74) is 0. The third-order valence-electron chi connectivity index (χ3n) is 1.36. The fourth-order valence-corrected chi connectivity index (χ4v) is 1.72. The third-order valence-corrected chi connectivity index (χ3v) is 2.64. The summed E-state index contributed by atoms with van der Waals surface area (Å²) in [5.74, 6) is 0.785. The summed E-state index contributed by atoms with van der Waals surface area (Å²) in [5, 5.41) is 2.01. The molecule has 2 nitrogen and oxygen atoms in total. The highest BCUT2D eigenvalue weighted by molar-refractivity contribution is 9.10. The summed E-state index contributed by atoms with van der Waals surface area (Å²) in [7, 11) is 0. The molecule has 0 atom stereocenters. The SMILES string of the molecule is Brc1cnc(-c2cccs2)nc1. The predicted molar refractivity (Wildman–Crippen MR) is 53.0 cm³/mol. The summed E-state index contributed by atoms with van der Waals surface area (Å²) in [4.78, 5) is 9.45. The Kier molecular flexibility index (Phi) is 2.19. The standard InChI is InChI=1S/C8H5BrN2S/c9-6-4-10-8(11-5-6)7-2-1-3-12-7/h1-5H. The number of thiophene rings is 1. The first-order valence-corrected chi connectivity index (χ1v) is 5.05. The first-order valence-electron chi connectivity index (χ1n) is 3.38. The fraction of sp³-hybridized carbons (Fsp3) is 0. The molecule has 0 unspecified atom stereocenters. The molecule has 0 aliphatic carbocycles. The molecule has 2 aromatic rings. The average Bonchev–Trinajstić information content (AvgIpc) is 2.58. The quantitative estimate of drug-likeness (QED) is 0.767. The Morgan fingerprint density at radius 3 is 2.58 bits per heavy atom. The second-order valence-electron chi connectivity index (χ2n) is 2.20. The minimum Gasteiger partial charge on any atom is -0.235 e. The molecule has 0 spiro atoms. The molecule has 0 bridgehead atoms. The molecule has 0 aromatic carbocycles. The van der Waals surface area contributed by atoms with Gasteiger partial charge >= 0.3 is 0 Å². The number of aromatic nitrogens is 2. The van der Waals surface area contributed by atoms with Crippen molar-refractivity contribution in [1.82, 2.24) is 9.97 Å². The molecule has 4 heteroatoms. The highest BCUT2D eigenvalue weighted by atomic mass is 79.9. The van der Waals surface area contributed by atoms with Gasteiger partial charge in [0.25, 0.3) is 0 Å². The summed E-state index contributed by atoms with van der Waals surface area (Å²) < 4.78 is 0.905. The summed E-state index contributed by atoms with van der Waals surface area (Å²) >= 11 is 4.93. The smallest absolute Gasteiger partial charge is 0.169 e. The van der Waals surface area contributed by atoms with Crippen LogP contribution in [0.2, 0.25) is 0 Å². The Labute approximate surface area is 82.4 Å². The van der Waals surface area contributed by atoms with Crippen LogP contribution in [-0.4, -0.2) is 9.97 Å². The topological polar surface area (TPSA) is 25.8 Å². The van der Waals surface area contributed by atoms with E-state index in [1.807, 2.05) is 17.5 Å². The second-order valence-corrected chi connectivity index (χ2v) is 4.07. The van der Waals surface area contributed by atoms with Gasteiger partial charge in [-0.2, -0.15) is 0 Å². The molecule has 0 aliphatic rings. The van der Waals surface area contributed by atoms with E-state index in [0.29, 0.717) is 0 Å². The molecular formula is C8H5BrN2S. The van der Waals surface area contributed by atoms with Crippen LogP contribution in [0.25, 0.3) is 10.7 Å². The van der Waals surface area contributed by atoms with Gasteiger partial charge in [-0.25, -0.2) is 9.97 Å². The zero-order valence-electron chi connectivity index (χ0n) is 6.07. The van der Waals surface area contributed by atoms with Crippen LogP contribution in [0.4, 0.5) is 0 Å². The lowest BCUT2D eigenvalue weighted by Gasteiger charge is -1.93. The largest absolute Gasteiger partial charge is 0.235 e. The van der Waals surface area contributed by atoms with Gasteiger partial charge in [-0.15, -0.1) is 11.3 Å². The molecule has 0 aliphatic heterocycles. The molecule has 12 heavy (non-hydrogen) atoms. The van der Waals surface area contributed by atoms with Gasteiger partial charge < -0.3 is 0 Å². The van der Waals surface area contributed by atoms with E-state index in [1.165, 1.54) is 0 Å². The lowest BCUT2D eigenvalue weighted by molar-refractivity contribution is 1.17. The molecule has 60 valence electrons. The van der Waals surface area contributed by atoms with Crippen LogP contribution >= 0.6 is 27.3 Å². The van der Waals surface area contributed by atoms with E-state index in [-0.39, 0.29) is 0 Å². The maximum atomic E-state index is 4.17. The fourth-order valence-electron chi connectivity index (χ4n) is 0.845. The Hall–Kier alpha value is -0.740. The minimum absolute atomic E-state index is 0.785. The summed E-state index contributed by atoms with van der Waals surface area (Å²) in [6, 6.07) is 4.00. The Balaban J connectivity index is 2.43. The van der Waals surface area contributed by atoms with Crippen molar-refractivity contribution in [3.05, 3.63) is 34.4 Å². The molecule has 0 saturated carbocycles. The van der Waals surface area contributed by atoms with Gasteiger partial charge in [-0.3, -0.25) is 0 Å². The zero-order valence-corrected chi connectivity index (χ0v) is 8.47. The Bertz CT molecular complexity index is 355. The number of rotatable bonds is 1. The van der Waals surface area contributed by atoms with Gasteiger partial charge in [0.2, 0.25) is 0 Å². The van der Waals surface area contributed by atoms with Crippen molar-refractivity contribution < 1.29 is 0 Å². The van der Waals surface area contributed by atoms with Gasteiger partial charge in [0.15, 0.2) is 5.82 Å². The lowest BCUT2D eigenvalue weighted by atomic mass is 10.4. The molecule has 0 amide bonds. The van der Waals surface area contributed by atoms with E-state index in [9.17, 15) is 0 Å². The van der Waals surface area contributed by atoms with Crippen LogP contribution in [0.3, 0.4) is 0 Å². The summed E-state index contributed by atoms with van der Waals surface area (Å²) in [6.07, 6.45) is 3.50. The van der Waals surface area contributed by atoms with E-state index in [4.69, 9.17) is 0 Å². The van der Waals surface area contributed by atoms with Crippen LogP contribution in [0.5, 0.6) is 0 Å². The molecular weight excluding hydrogens is 236 g/mol. The van der Waals surface area contributed by atoms with Crippen molar-refractivity contribution in [2.75, 3.05) is 0 Å². The molecule has 2 heterocycles. The number of nitrogens with zero attached hydrogens (tertiary/aromatic N) is 2. The molecule has 2 aromatic heterocycles. The first-order chi connectivity index (χ1) is 5.86. The van der Waals surface area contributed by atoms with Crippen molar-refractivity contribution in [2.45, 2.75) is 0 Å². The predicted octanol–water partition coefficient (Wildman–Crippen LogP) is 2.97. The highest BCUT2D eigenvalue weighted by Gasteiger charge is 1.99. The average molecular weight is 241 g/mol. The van der Waals surface area contributed by atoms with Crippen molar-refractivity contribution in [1.29, 1.82) is 0 Å². The zero-order chi connectivity index (χ0) is 8.39. The van der Waals surface area contributed by atoms with Crippen molar-refractivity contribution in [2.24, 2.45) is 0 Å². The van der Waals surface area contributed by atoms with E-state index in [0.717, 1.165) is 15.2 Å². The van der Waals surface area contributed by atoms with Gasteiger partial charge in [-0.05, 0) is 27.4 Å². The van der Waals surface area contributed by atoms with E-state index in [1.54, 1.807) is 23.7 Å². The van der Waals surface area contributed by atoms with Gasteiger partial charge in [0.1, 0.15) is 0 Å². The van der Waals surface area contributed by atoms with Gasteiger partial charge in [0.05, 0.1) is 9.35 Å². The summed E-state index contributed by atoms with van der Waals surface area (Å²) in [6.45, 7) is 0. The van der Waals surface area contributed by atoms with Crippen molar-refractivity contribution in [3.8, 4) is 10.7 Å². The van der Waals surface area contributed by atoms with E-state index < -0.39 is 0 Å². The number of hydrogen-bond donors (Lipinski definition) is 0. The maximum absolute atomic E-state index is 4.17. The normalized spacial score (nSPS) is 10.1. The first kappa shape index (κ1) is 7.89. The Morgan fingerprint density at radius 2 is 2.00 bits per heavy atom. The third kappa shape index (κ3) is 1.54. The second kappa shape index (κ2) is 3.33. The van der Waals surface area contributed by atoms with Crippen LogP contribution in [-0.2, 0) is 0 Å². The van der Waals surface area contributed by atoms with Crippen LogP contribution in [0, 0.1) is 0 Å². The van der Waals surface area contributed by atoms with Crippen LogP contribution in [0.15, 0.2) is 34.4 Å². The van der Waals surface area contributed by atoms with Gasteiger partial charge in [0, 0.05) is 12.4 Å². The maximum Gasteiger partial charge on any atom is 0.169 e. The molecule has 0 saturated heterocycles. The molecule has 0 radical (unpaired) electrons. The van der Waals surface area contributed by atoms with E-state index >= 15 is 0 Å². The monoisotopic (exact) mass is 240 g/mol. The van der Waals surface area contributed by atoms with Crippen LogP contribution in [0.1, 0.15) is 0 Å².